The highest BCUT2D eigenvalue weighted by Gasteiger charge is 2.17. The Morgan fingerprint density at radius 2 is 1.84 bits per heavy atom. The maximum absolute atomic E-state index is 11.3. The molecule has 1 atom stereocenters. The average molecular weight is 263 g/mol. The quantitative estimate of drug-likeness (QED) is 0.843. The minimum Gasteiger partial charge on any atom is -0.478 e. The lowest BCUT2D eigenvalue weighted by atomic mass is 9.89. The fourth-order valence-corrected chi connectivity index (χ4v) is 2.17. The first-order valence-electron chi connectivity index (χ1n) is 6.87. The summed E-state index contributed by atoms with van der Waals surface area (Å²) < 4.78 is 0. The van der Waals surface area contributed by atoms with Crippen molar-refractivity contribution in [3.05, 3.63) is 29.3 Å². The minimum absolute atomic E-state index is 0.272. The highest BCUT2D eigenvalue weighted by molar-refractivity contribution is 5.90. The zero-order chi connectivity index (χ0) is 14.6. The Kier molecular flexibility index (Phi) is 5.40. The molecule has 0 saturated heterocycles. The van der Waals surface area contributed by atoms with Crippen LogP contribution in [0.25, 0.3) is 0 Å². The third-order valence-electron chi connectivity index (χ3n) is 3.49. The van der Waals surface area contributed by atoms with E-state index in [9.17, 15) is 9.90 Å². The van der Waals surface area contributed by atoms with E-state index in [-0.39, 0.29) is 5.92 Å². The first kappa shape index (κ1) is 15.5. The molecule has 3 nitrogen and oxygen atoms in total. The van der Waals surface area contributed by atoms with E-state index in [0.29, 0.717) is 11.5 Å². The largest absolute Gasteiger partial charge is 0.478 e. The lowest BCUT2D eigenvalue weighted by Gasteiger charge is -2.20. The molecule has 0 heterocycles. The summed E-state index contributed by atoms with van der Waals surface area (Å²) >= 11 is 0. The highest BCUT2D eigenvalue weighted by atomic mass is 16.4. The molecule has 1 aromatic rings. The van der Waals surface area contributed by atoms with E-state index in [2.05, 4.69) is 20.8 Å². The smallest absolute Gasteiger partial charge is 0.335 e. The number of aromatic carboxylic acids is 1. The summed E-state index contributed by atoms with van der Waals surface area (Å²) in [7, 11) is 3.94. The lowest BCUT2D eigenvalue weighted by molar-refractivity contribution is 0.0695. The Balaban J connectivity index is 3.06. The monoisotopic (exact) mass is 263 g/mol. The van der Waals surface area contributed by atoms with Crippen LogP contribution in [-0.4, -0.2) is 25.2 Å². The first-order chi connectivity index (χ1) is 8.82. The predicted molar refractivity (Wildman–Crippen MR) is 80.2 cm³/mol. The summed E-state index contributed by atoms with van der Waals surface area (Å²) in [5.41, 5.74) is 2.43. The molecule has 0 aliphatic rings. The summed E-state index contributed by atoms with van der Waals surface area (Å²) in [5.74, 6) is 0.0814. The van der Waals surface area contributed by atoms with Crippen LogP contribution in [0.1, 0.15) is 55.5 Å². The summed E-state index contributed by atoms with van der Waals surface area (Å²) in [4.78, 5) is 13.3. The van der Waals surface area contributed by atoms with Crippen molar-refractivity contribution in [1.29, 1.82) is 0 Å². The molecule has 1 N–H and O–H groups in total. The van der Waals surface area contributed by atoms with Gasteiger partial charge in [0.1, 0.15) is 0 Å². The van der Waals surface area contributed by atoms with Gasteiger partial charge in [-0.15, -0.1) is 0 Å². The van der Waals surface area contributed by atoms with Gasteiger partial charge >= 0.3 is 5.97 Å². The van der Waals surface area contributed by atoms with E-state index in [4.69, 9.17) is 0 Å². The Hall–Kier alpha value is -1.51. The van der Waals surface area contributed by atoms with Gasteiger partial charge in [0.05, 0.1) is 5.56 Å². The maximum atomic E-state index is 11.3. The molecule has 0 aliphatic heterocycles. The summed E-state index contributed by atoms with van der Waals surface area (Å²) in [6, 6.07) is 5.59. The predicted octanol–water partition coefficient (Wildman–Crippen LogP) is 3.99. The number of hydrogen-bond acceptors (Lipinski definition) is 2. The van der Waals surface area contributed by atoms with Gasteiger partial charge < -0.3 is 10.0 Å². The van der Waals surface area contributed by atoms with Gasteiger partial charge in [0.15, 0.2) is 0 Å². The van der Waals surface area contributed by atoms with E-state index in [1.807, 2.05) is 31.1 Å². The normalized spacial score (nSPS) is 12.5. The number of nitrogens with zero attached hydrogens (tertiary/aromatic N) is 1. The molecule has 0 bridgehead atoms. The zero-order valence-electron chi connectivity index (χ0n) is 12.6. The number of anilines is 1. The van der Waals surface area contributed by atoms with Gasteiger partial charge in [0, 0.05) is 19.8 Å². The summed E-state index contributed by atoms with van der Waals surface area (Å²) in [6.07, 6.45) is 2.14. The molecule has 0 amide bonds. The molecular formula is C16H25NO2. The Morgan fingerprint density at radius 1 is 1.21 bits per heavy atom. The van der Waals surface area contributed by atoms with Crippen LogP contribution in [0.15, 0.2) is 18.2 Å². The third kappa shape index (κ3) is 4.27. The van der Waals surface area contributed by atoms with Crippen LogP contribution in [-0.2, 0) is 0 Å². The van der Waals surface area contributed by atoms with Gasteiger partial charge in [-0.3, -0.25) is 0 Å². The number of benzene rings is 1. The van der Waals surface area contributed by atoms with Crippen molar-refractivity contribution < 1.29 is 9.90 Å². The molecule has 0 aromatic heterocycles. The standard InChI is InChI=1S/C16H25NO2/c1-11(2)6-7-12(3)15-10-13(17(4)5)8-9-14(15)16(18)19/h8-12H,6-7H2,1-5H3,(H,18,19). The Bertz CT molecular complexity index is 438. The molecule has 3 heteroatoms. The van der Waals surface area contributed by atoms with Gasteiger partial charge in [0.25, 0.3) is 0 Å². The number of hydrogen-bond donors (Lipinski definition) is 1. The summed E-state index contributed by atoms with van der Waals surface area (Å²) in [6.45, 7) is 6.51. The fourth-order valence-electron chi connectivity index (χ4n) is 2.17. The SMILES string of the molecule is CC(C)CCC(C)c1cc(N(C)C)ccc1C(=O)O. The van der Waals surface area contributed by atoms with Crippen LogP contribution in [0, 0.1) is 5.92 Å². The van der Waals surface area contributed by atoms with E-state index in [1.165, 1.54) is 0 Å². The van der Waals surface area contributed by atoms with Crippen LogP contribution >= 0.6 is 0 Å². The van der Waals surface area contributed by atoms with Crippen LogP contribution in [0.3, 0.4) is 0 Å². The molecule has 0 spiro atoms. The van der Waals surface area contributed by atoms with Crippen molar-refractivity contribution in [2.75, 3.05) is 19.0 Å². The number of rotatable bonds is 6. The fraction of sp³-hybridized carbons (Fsp3) is 0.562. The van der Waals surface area contributed by atoms with Gasteiger partial charge in [-0.25, -0.2) is 4.79 Å². The second kappa shape index (κ2) is 6.60. The number of carbonyl (C=O) groups is 1. The molecule has 19 heavy (non-hydrogen) atoms. The van der Waals surface area contributed by atoms with Gasteiger partial charge in [-0.2, -0.15) is 0 Å². The van der Waals surface area contributed by atoms with Crippen LogP contribution in [0.4, 0.5) is 5.69 Å². The van der Waals surface area contributed by atoms with E-state index < -0.39 is 5.97 Å². The first-order valence-corrected chi connectivity index (χ1v) is 6.87. The second-order valence-electron chi connectivity index (χ2n) is 5.84. The van der Waals surface area contributed by atoms with Crippen molar-refractivity contribution in [2.24, 2.45) is 5.92 Å². The minimum atomic E-state index is -0.836. The molecule has 0 radical (unpaired) electrons. The van der Waals surface area contributed by atoms with E-state index >= 15 is 0 Å². The maximum Gasteiger partial charge on any atom is 0.335 e. The molecule has 1 aromatic carbocycles. The molecule has 0 saturated carbocycles. The van der Waals surface area contributed by atoms with Crippen LogP contribution < -0.4 is 4.90 Å². The van der Waals surface area contributed by atoms with Crippen LogP contribution in [0.5, 0.6) is 0 Å². The van der Waals surface area contributed by atoms with Gasteiger partial charge in [-0.05, 0) is 42.0 Å². The molecular weight excluding hydrogens is 238 g/mol. The summed E-state index contributed by atoms with van der Waals surface area (Å²) in [5, 5.41) is 9.31. The van der Waals surface area contributed by atoms with E-state index in [1.54, 1.807) is 6.07 Å². The van der Waals surface area contributed by atoms with Gasteiger partial charge in [-0.1, -0.05) is 27.2 Å². The number of carboxylic acid groups (broad SMARTS) is 1. The lowest BCUT2D eigenvalue weighted by Crippen LogP contribution is -2.12. The average Bonchev–Trinajstić information content (AvgIpc) is 2.34. The molecule has 0 aliphatic carbocycles. The van der Waals surface area contributed by atoms with Crippen molar-refractivity contribution in [3.63, 3.8) is 0 Å². The van der Waals surface area contributed by atoms with Crippen molar-refractivity contribution >= 4 is 11.7 Å². The third-order valence-corrected chi connectivity index (χ3v) is 3.49. The van der Waals surface area contributed by atoms with E-state index in [0.717, 1.165) is 24.1 Å². The highest BCUT2D eigenvalue weighted by Crippen LogP contribution is 2.29. The topological polar surface area (TPSA) is 40.5 Å². The molecule has 106 valence electrons. The Morgan fingerprint density at radius 3 is 2.32 bits per heavy atom. The zero-order valence-corrected chi connectivity index (χ0v) is 12.6. The van der Waals surface area contributed by atoms with Crippen molar-refractivity contribution in [1.82, 2.24) is 0 Å². The van der Waals surface area contributed by atoms with Crippen molar-refractivity contribution in [3.8, 4) is 0 Å². The molecule has 1 unspecified atom stereocenters. The van der Waals surface area contributed by atoms with Crippen molar-refractivity contribution in [2.45, 2.75) is 39.5 Å². The second-order valence-corrected chi connectivity index (χ2v) is 5.84. The molecule has 1 rings (SSSR count). The Labute approximate surface area is 116 Å². The van der Waals surface area contributed by atoms with Gasteiger partial charge in [0.2, 0.25) is 0 Å². The number of carboxylic acids is 1. The molecule has 0 fully saturated rings. The van der Waals surface area contributed by atoms with Crippen LogP contribution in [0.2, 0.25) is 0 Å².